The van der Waals surface area contributed by atoms with Gasteiger partial charge in [-0.1, -0.05) is 0 Å². The minimum absolute atomic E-state index is 0.295. The summed E-state index contributed by atoms with van der Waals surface area (Å²) in [6, 6.07) is 8.82. The number of carbonyl (C=O) groups is 1. The Morgan fingerprint density at radius 3 is 2.76 bits per heavy atom. The van der Waals surface area contributed by atoms with Gasteiger partial charge >= 0.3 is 0 Å². The van der Waals surface area contributed by atoms with Gasteiger partial charge in [-0.2, -0.15) is 5.10 Å². The number of hydrogen-bond donors (Lipinski definition) is 1. The van der Waals surface area contributed by atoms with Crippen molar-refractivity contribution >= 4 is 12.1 Å². The van der Waals surface area contributed by atoms with Crippen LogP contribution in [0.25, 0.3) is 0 Å². The zero-order valence-corrected chi connectivity index (χ0v) is 16.5. The van der Waals surface area contributed by atoms with Crippen molar-refractivity contribution in [2.45, 2.75) is 6.92 Å². The molecule has 0 bridgehead atoms. The Kier molecular flexibility index (Phi) is 7.97. The second kappa shape index (κ2) is 11.1. The minimum Gasteiger partial charge on any atom is -0.490 e. The molecule has 0 saturated carbocycles. The molecule has 8 nitrogen and oxygen atoms in total. The largest absolute Gasteiger partial charge is 0.490 e. The van der Waals surface area contributed by atoms with E-state index >= 15 is 0 Å². The first-order valence-corrected chi connectivity index (χ1v) is 9.69. The molecule has 1 aromatic heterocycles. The van der Waals surface area contributed by atoms with E-state index in [1.54, 1.807) is 30.7 Å². The molecule has 1 aromatic carbocycles. The Bertz CT molecular complexity index is 808. The molecule has 1 amide bonds. The van der Waals surface area contributed by atoms with E-state index in [-0.39, 0.29) is 5.91 Å². The van der Waals surface area contributed by atoms with E-state index in [0.29, 0.717) is 30.3 Å². The van der Waals surface area contributed by atoms with Crippen LogP contribution >= 0.6 is 0 Å². The number of amides is 1. The molecule has 0 atom stereocenters. The van der Waals surface area contributed by atoms with Crippen LogP contribution in [0.3, 0.4) is 0 Å². The molecular weight excluding hydrogens is 372 g/mol. The van der Waals surface area contributed by atoms with E-state index in [2.05, 4.69) is 20.4 Å². The van der Waals surface area contributed by atoms with Crippen molar-refractivity contribution in [3.05, 3.63) is 53.9 Å². The monoisotopic (exact) mass is 398 g/mol. The van der Waals surface area contributed by atoms with Crippen LogP contribution in [0.1, 0.15) is 22.8 Å². The minimum atomic E-state index is -0.295. The van der Waals surface area contributed by atoms with Gasteiger partial charge in [0, 0.05) is 37.6 Å². The normalized spacial score (nSPS) is 14.7. The fourth-order valence-corrected chi connectivity index (χ4v) is 2.84. The number of ether oxygens (including phenoxy) is 3. The van der Waals surface area contributed by atoms with E-state index in [4.69, 9.17) is 14.2 Å². The lowest BCUT2D eigenvalue weighted by molar-refractivity contribution is 0.0321. The predicted octanol–water partition coefficient (Wildman–Crippen LogP) is 1.96. The topological polar surface area (TPSA) is 85.3 Å². The molecule has 0 aliphatic carbocycles. The standard InChI is InChI=1S/C21H26N4O4/c1-2-28-20-15-17(16-23-24-21(26)18-5-7-22-8-6-18)3-4-19(20)29-14-11-25-9-12-27-13-10-25/h3-8,15-16H,2,9-14H2,1H3,(H,24,26). The lowest BCUT2D eigenvalue weighted by Gasteiger charge is -2.26. The maximum Gasteiger partial charge on any atom is 0.271 e. The van der Waals surface area contributed by atoms with Crippen LogP contribution in [0.2, 0.25) is 0 Å². The highest BCUT2D eigenvalue weighted by atomic mass is 16.5. The molecule has 1 fully saturated rings. The van der Waals surface area contributed by atoms with Gasteiger partial charge in [0.2, 0.25) is 0 Å². The van der Waals surface area contributed by atoms with Gasteiger partial charge in [-0.3, -0.25) is 14.7 Å². The number of morpholine rings is 1. The summed E-state index contributed by atoms with van der Waals surface area (Å²) in [4.78, 5) is 18.2. The van der Waals surface area contributed by atoms with E-state index in [9.17, 15) is 4.79 Å². The number of benzene rings is 1. The number of hydrazone groups is 1. The van der Waals surface area contributed by atoms with Crippen LogP contribution in [0.5, 0.6) is 11.5 Å². The summed E-state index contributed by atoms with van der Waals surface area (Å²) in [7, 11) is 0. The van der Waals surface area contributed by atoms with Gasteiger partial charge < -0.3 is 14.2 Å². The number of rotatable bonds is 9. The van der Waals surface area contributed by atoms with Crippen molar-refractivity contribution in [3.63, 3.8) is 0 Å². The summed E-state index contributed by atoms with van der Waals surface area (Å²) in [5.74, 6) is 1.05. The van der Waals surface area contributed by atoms with Gasteiger partial charge in [0.1, 0.15) is 6.61 Å². The summed E-state index contributed by atoms with van der Waals surface area (Å²) in [6.07, 6.45) is 4.69. The lowest BCUT2D eigenvalue weighted by Crippen LogP contribution is -2.38. The Hall–Kier alpha value is -2.97. The SMILES string of the molecule is CCOc1cc(C=NNC(=O)c2ccncc2)ccc1OCCN1CCOCC1. The van der Waals surface area contributed by atoms with Crippen LogP contribution in [-0.4, -0.2) is 68.1 Å². The number of aromatic nitrogens is 1. The van der Waals surface area contributed by atoms with Crippen molar-refractivity contribution < 1.29 is 19.0 Å². The third-order valence-corrected chi connectivity index (χ3v) is 4.36. The van der Waals surface area contributed by atoms with Gasteiger partial charge in [-0.05, 0) is 42.8 Å². The molecule has 1 aliphatic rings. The lowest BCUT2D eigenvalue weighted by atomic mass is 10.2. The van der Waals surface area contributed by atoms with E-state index in [0.717, 1.165) is 38.4 Å². The van der Waals surface area contributed by atoms with Crippen molar-refractivity contribution in [1.82, 2.24) is 15.3 Å². The van der Waals surface area contributed by atoms with Crippen molar-refractivity contribution in [2.75, 3.05) is 46.1 Å². The number of nitrogens with zero attached hydrogens (tertiary/aromatic N) is 3. The smallest absolute Gasteiger partial charge is 0.271 e. The molecule has 2 aromatic rings. The Labute approximate surface area is 170 Å². The Morgan fingerprint density at radius 1 is 1.21 bits per heavy atom. The van der Waals surface area contributed by atoms with E-state index in [1.165, 1.54) is 0 Å². The van der Waals surface area contributed by atoms with Crippen molar-refractivity contribution in [2.24, 2.45) is 5.10 Å². The molecule has 1 N–H and O–H groups in total. The molecule has 0 unspecified atom stereocenters. The molecule has 2 heterocycles. The maximum atomic E-state index is 12.0. The van der Waals surface area contributed by atoms with E-state index < -0.39 is 0 Å². The number of nitrogens with one attached hydrogen (secondary N) is 1. The zero-order chi connectivity index (χ0) is 20.3. The molecule has 3 rings (SSSR count). The summed E-state index contributed by atoms with van der Waals surface area (Å²) in [6.45, 7) is 7.29. The van der Waals surface area contributed by atoms with Gasteiger partial charge in [0.25, 0.3) is 5.91 Å². The highest BCUT2D eigenvalue weighted by Crippen LogP contribution is 2.28. The number of carbonyl (C=O) groups excluding carboxylic acids is 1. The molecular formula is C21H26N4O4. The summed E-state index contributed by atoms with van der Waals surface area (Å²) in [5, 5.41) is 4.01. The Balaban J connectivity index is 1.55. The zero-order valence-electron chi connectivity index (χ0n) is 16.5. The highest BCUT2D eigenvalue weighted by molar-refractivity contribution is 5.94. The first kappa shape index (κ1) is 20.8. The molecule has 0 spiro atoms. The number of hydrogen-bond acceptors (Lipinski definition) is 7. The van der Waals surface area contributed by atoms with E-state index in [1.807, 2.05) is 25.1 Å². The summed E-state index contributed by atoms with van der Waals surface area (Å²) in [5.41, 5.74) is 3.79. The first-order chi connectivity index (χ1) is 14.3. The maximum absolute atomic E-state index is 12.0. The number of pyridine rings is 1. The van der Waals surface area contributed by atoms with Gasteiger partial charge in [-0.15, -0.1) is 0 Å². The van der Waals surface area contributed by atoms with Crippen molar-refractivity contribution in [3.8, 4) is 11.5 Å². The highest BCUT2D eigenvalue weighted by Gasteiger charge is 2.11. The van der Waals surface area contributed by atoms with Crippen LogP contribution < -0.4 is 14.9 Å². The molecule has 154 valence electrons. The predicted molar refractivity (Wildman–Crippen MR) is 110 cm³/mol. The molecule has 29 heavy (non-hydrogen) atoms. The second-order valence-corrected chi connectivity index (χ2v) is 6.38. The molecule has 1 aliphatic heterocycles. The van der Waals surface area contributed by atoms with Crippen LogP contribution in [0, 0.1) is 0 Å². The average molecular weight is 398 g/mol. The molecule has 8 heteroatoms. The fraction of sp³-hybridized carbons (Fsp3) is 0.381. The average Bonchev–Trinajstić information content (AvgIpc) is 2.76. The van der Waals surface area contributed by atoms with Gasteiger partial charge in [0.05, 0.1) is 26.0 Å². The molecule has 1 saturated heterocycles. The van der Waals surface area contributed by atoms with Crippen LogP contribution in [0.4, 0.5) is 0 Å². The van der Waals surface area contributed by atoms with Crippen LogP contribution in [-0.2, 0) is 4.74 Å². The van der Waals surface area contributed by atoms with Gasteiger partial charge in [-0.25, -0.2) is 5.43 Å². The quantitative estimate of drug-likeness (QED) is 0.513. The third-order valence-electron chi connectivity index (χ3n) is 4.36. The van der Waals surface area contributed by atoms with Crippen LogP contribution in [0.15, 0.2) is 47.8 Å². The van der Waals surface area contributed by atoms with Crippen molar-refractivity contribution in [1.29, 1.82) is 0 Å². The first-order valence-electron chi connectivity index (χ1n) is 9.69. The summed E-state index contributed by atoms with van der Waals surface area (Å²) < 4.78 is 17.0. The Morgan fingerprint density at radius 2 is 2.00 bits per heavy atom. The third kappa shape index (κ3) is 6.55. The summed E-state index contributed by atoms with van der Waals surface area (Å²) >= 11 is 0. The second-order valence-electron chi connectivity index (χ2n) is 6.38. The molecule has 0 radical (unpaired) electrons. The fourth-order valence-electron chi connectivity index (χ4n) is 2.84. The van der Waals surface area contributed by atoms with Gasteiger partial charge in [0.15, 0.2) is 11.5 Å².